The highest BCUT2D eigenvalue weighted by atomic mass is 35.5. The van der Waals surface area contributed by atoms with Crippen molar-refractivity contribution < 1.29 is 9.05 Å². The molecule has 3 aromatic heterocycles. The first-order chi connectivity index (χ1) is 15.7. The maximum absolute atomic E-state index is 5.94. The fourth-order valence-electron chi connectivity index (χ4n) is 2.97. The van der Waals surface area contributed by atoms with Gasteiger partial charge in [0.05, 0.1) is 6.21 Å². The van der Waals surface area contributed by atoms with E-state index < -0.39 is 0 Å². The van der Waals surface area contributed by atoms with E-state index in [1.165, 1.54) is 0 Å². The number of rotatable bonds is 7. The molecule has 0 aliphatic rings. The van der Waals surface area contributed by atoms with Gasteiger partial charge in [-0.15, -0.1) is 0 Å². The second-order valence-corrected chi connectivity index (χ2v) is 7.19. The maximum atomic E-state index is 5.94. The van der Waals surface area contributed by atoms with Crippen LogP contribution in [-0.2, 0) is 6.54 Å². The number of hydrogen-bond acceptors (Lipinski definition) is 9. The average Bonchev–Trinajstić information content (AvgIpc) is 3.48. The van der Waals surface area contributed by atoms with Crippen molar-refractivity contribution in [2.24, 2.45) is 5.10 Å². The molecule has 5 rings (SSSR count). The molecule has 158 valence electrons. The largest absolute Gasteiger partial charge is 0.455 e. The molecule has 10 heteroatoms. The summed E-state index contributed by atoms with van der Waals surface area (Å²) >= 11 is 5.94. The summed E-state index contributed by atoms with van der Waals surface area (Å²) in [7, 11) is 0. The lowest BCUT2D eigenvalue weighted by atomic mass is 10.2. The summed E-state index contributed by atoms with van der Waals surface area (Å²) in [6.45, 7) is 0.549. The van der Waals surface area contributed by atoms with Crippen molar-refractivity contribution in [3.05, 3.63) is 83.1 Å². The van der Waals surface area contributed by atoms with Crippen molar-refractivity contribution in [1.29, 1.82) is 0 Å². The molecule has 5 aromatic rings. The van der Waals surface area contributed by atoms with Crippen molar-refractivity contribution in [3.63, 3.8) is 0 Å². The first-order valence-corrected chi connectivity index (χ1v) is 10.1. The summed E-state index contributed by atoms with van der Waals surface area (Å²) in [5.74, 6) is 2.13. The Kier molecular flexibility index (Phi) is 5.46. The number of hydrogen-bond donors (Lipinski definition) is 2. The molecule has 0 fully saturated rings. The number of benzene rings is 2. The minimum absolute atomic E-state index is 0.274. The quantitative estimate of drug-likeness (QED) is 0.266. The van der Waals surface area contributed by atoms with Gasteiger partial charge in [-0.3, -0.25) is 5.43 Å². The number of nitrogens with zero attached hydrogens (tertiary/aromatic N) is 5. The SMILES string of the molecule is Clc1ccc(-c2ccc(C=NNc3nc4nonc4nc3NCc3ccccc3)o2)cc1. The molecule has 0 aliphatic carbocycles. The van der Waals surface area contributed by atoms with Crippen LogP contribution in [0.3, 0.4) is 0 Å². The minimum Gasteiger partial charge on any atom is -0.455 e. The van der Waals surface area contributed by atoms with Gasteiger partial charge < -0.3 is 9.73 Å². The van der Waals surface area contributed by atoms with Crippen LogP contribution in [0.1, 0.15) is 11.3 Å². The molecule has 0 atom stereocenters. The van der Waals surface area contributed by atoms with Gasteiger partial charge in [0.25, 0.3) is 0 Å². The summed E-state index contributed by atoms with van der Waals surface area (Å²) in [4.78, 5) is 8.79. The molecule has 0 spiro atoms. The lowest BCUT2D eigenvalue weighted by Gasteiger charge is -2.09. The van der Waals surface area contributed by atoms with Gasteiger partial charge in [-0.25, -0.2) is 9.61 Å². The molecule has 0 radical (unpaired) electrons. The van der Waals surface area contributed by atoms with E-state index in [1.807, 2.05) is 66.7 Å². The van der Waals surface area contributed by atoms with Gasteiger partial charge >= 0.3 is 0 Å². The van der Waals surface area contributed by atoms with Crippen LogP contribution in [0.25, 0.3) is 22.6 Å². The van der Waals surface area contributed by atoms with E-state index in [0.717, 1.165) is 11.1 Å². The molecule has 9 nitrogen and oxygen atoms in total. The fourth-order valence-corrected chi connectivity index (χ4v) is 3.10. The standard InChI is InChI=1S/C22H16ClN7O2/c23-16-8-6-15(7-9-16)18-11-10-17(31-18)13-25-28-20-19(24-12-14-4-2-1-3-5-14)26-21-22(27-20)30-32-29-21/h1-11,13H,12H2,(H,24,26,29)(H,27,28,30). The number of anilines is 2. The van der Waals surface area contributed by atoms with Crippen LogP contribution in [0.2, 0.25) is 5.02 Å². The van der Waals surface area contributed by atoms with Crippen LogP contribution in [0.15, 0.2) is 80.9 Å². The topological polar surface area (TPSA) is 114 Å². The predicted molar refractivity (Wildman–Crippen MR) is 122 cm³/mol. The van der Waals surface area contributed by atoms with Crippen LogP contribution in [-0.4, -0.2) is 26.5 Å². The second-order valence-electron chi connectivity index (χ2n) is 6.75. The smallest absolute Gasteiger partial charge is 0.245 e. The molecular formula is C22H16ClN7O2. The summed E-state index contributed by atoms with van der Waals surface area (Å²) in [6, 6.07) is 21.0. The van der Waals surface area contributed by atoms with Crippen molar-refractivity contribution in [2.45, 2.75) is 6.54 Å². The number of nitrogens with one attached hydrogen (secondary N) is 2. The summed E-state index contributed by atoms with van der Waals surface area (Å²) < 4.78 is 10.5. The molecule has 0 saturated carbocycles. The first-order valence-electron chi connectivity index (χ1n) is 9.67. The van der Waals surface area contributed by atoms with E-state index in [2.05, 4.69) is 36.1 Å². The minimum atomic E-state index is 0.274. The Balaban J connectivity index is 1.33. The van der Waals surface area contributed by atoms with E-state index in [-0.39, 0.29) is 5.65 Å². The second kappa shape index (κ2) is 8.86. The maximum Gasteiger partial charge on any atom is 0.245 e. The lowest BCUT2D eigenvalue weighted by molar-refractivity contribution is 0.314. The van der Waals surface area contributed by atoms with Crippen LogP contribution in [0, 0.1) is 0 Å². The zero-order chi connectivity index (χ0) is 21.8. The number of fused-ring (bicyclic) bond motifs is 1. The monoisotopic (exact) mass is 445 g/mol. The van der Waals surface area contributed by atoms with Gasteiger partial charge in [-0.2, -0.15) is 10.1 Å². The molecule has 32 heavy (non-hydrogen) atoms. The van der Waals surface area contributed by atoms with Gasteiger partial charge in [0.15, 0.2) is 11.6 Å². The van der Waals surface area contributed by atoms with Crippen LogP contribution >= 0.6 is 11.6 Å². The van der Waals surface area contributed by atoms with Crippen LogP contribution < -0.4 is 10.7 Å². The molecule has 0 aliphatic heterocycles. The van der Waals surface area contributed by atoms with Gasteiger partial charge in [-0.1, -0.05) is 41.9 Å². The molecule has 0 amide bonds. The highest BCUT2D eigenvalue weighted by molar-refractivity contribution is 6.30. The average molecular weight is 446 g/mol. The molecule has 2 aromatic carbocycles. The van der Waals surface area contributed by atoms with Gasteiger partial charge in [0.2, 0.25) is 11.3 Å². The lowest BCUT2D eigenvalue weighted by Crippen LogP contribution is -2.06. The predicted octanol–water partition coefficient (Wildman–Crippen LogP) is 4.98. The van der Waals surface area contributed by atoms with Crippen LogP contribution in [0.4, 0.5) is 11.6 Å². The Morgan fingerprint density at radius 1 is 0.875 bits per heavy atom. The number of furan rings is 1. The number of halogens is 1. The molecule has 0 unspecified atom stereocenters. The Bertz CT molecular complexity index is 1360. The zero-order valence-electron chi connectivity index (χ0n) is 16.6. The molecule has 2 N–H and O–H groups in total. The van der Waals surface area contributed by atoms with Gasteiger partial charge in [0, 0.05) is 17.1 Å². The third-order valence-electron chi connectivity index (χ3n) is 4.53. The zero-order valence-corrected chi connectivity index (χ0v) is 17.3. The van der Waals surface area contributed by atoms with Crippen molar-refractivity contribution in [2.75, 3.05) is 10.7 Å². The molecule has 3 heterocycles. The first kappa shape index (κ1) is 19.7. The highest BCUT2D eigenvalue weighted by Crippen LogP contribution is 2.24. The Labute approximate surface area is 187 Å². The van der Waals surface area contributed by atoms with E-state index >= 15 is 0 Å². The Hall–Kier alpha value is -4.24. The van der Waals surface area contributed by atoms with E-state index in [1.54, 1.807) is 6.21 Å². The third-order valence-corrected chi connectivity index (χ3v) is 4.79. The third kappa shape index (κ3) is 4.42. The van der Waals surface area contributed by atoms with Gasteiger partial charge in [-0.05, 0) is 52.3 Å². The molecule has 0 bridgehead atoms. The summed E-state index contributed by atoms with van der Waals surface area (Å²) in [5.41, 5.74) is 5.47. The Morgan fingerprint density at radius 3 is 2.41 bits per heavy atom. The molecular weight excluding hydrogens is 430 g/mol. The summed E-state index contributed by atoms with van der Waals surface area (Å²) in [6.07, 6.45) is 1.55. The van der Waals surface area contributed by atoms with Crippen molar-refractivity contribution in [3.8, 4) is 11.3 Å². The normalized spacial score (nSPS) is 11.3. The van der Waals surface area contributed by atoms with E-state index in [9.17, 15) is 0 Å². The van der Waals surface area contributed by atoms with Crippen LogP contribution in [0.5, 0.6) is 0 Å². The summed E-state index contributed by atoms with van der Waals surface area (Å²) in [5, 5.41) is 15.6. The van der Waals surface area contributed by atoms with E-state index in [0.29, 0.717) is 40.4 Å². The number of aromatic nitrogens is 4. The Morgan fingerprint density at radius 2 is 1.62 bits per heavy atom. The van der Waals surface area contributed by atoms with E-state index in [4.69, 9.17) is 20.6 Å². The fraction of sp³-hybridized carbons (Fsp3) is 0.0455. The van der Waals surface area contributed by atoms with Gasteiger partial charge in [0.1, 0.15) is 11.5 Å². The number of hydrazone groups is 1. The highest BCUT2D eigenvalue weighted by Gasteiger charge is 2.12. The molecule has 0 saturated heterocycles. The van der Waals surface area contributed by atoms with Crippen molar-refractivity contribution in [1.82, 2.24) is 20.3 Å². The van der Waals surface area contributed by atoms with Crippen molar-refractivity contribution >= 4 is 40.7 Å².